The van der Waals surface area contributed by atoms with Crippen LogP contribution >= 0.6 is 0 Å². The van der Waals surface area contributed by atoms with Crippen molar-refractivity contribution in [1.82, 2.24) is 10.3 Å². The number of hydrogen-bond acceptors (Lipinski definition) is 6. The van der Waals surface area contributed by atoms with Crippen LogP contribution in [0, 0.1) is 5.95 Å². The molecule has 0 unspecified atom stereocenters. The fourth-order valence-corrected chi connectivity index (χ4v) is 2.59. The molecule has 164 valence electrons. The molecule has 2 heterocycles. The number of amides is 1. The van der Waals surface area contributed by atoms with Crippen LogP contribution < -0.4 is 5.32 Å². The zero-order valence-corrected chi connectivity index (χ0v) is 18.3. The molecular weight excluding hydrogens is 394 g/mol. The summed E-state index contributed by atoms with van der Waals surface area (Å²) >= 11 is 0. The highest BCUT2D eigenvalue weighted by atomic mass is 19.1. The zero-order valence-electron chi connectivity index (χ0n) is 18.3. The molecule has 1 aromatic rings. The molecular formula is C20H28BFN2O6. The summed E-state index contributed by atoms with van der Waals surface area (Å²) in [5.41, 5.74) is -1.67. The molecule has 1 aromatic heterocycles. The Morgan fingerprint density at radius 1 is 1.27 bits per heavy atom. The van der Waals surface area contributed by atoms with Crippen molar-refractivity contribution in [2.24, 2.45) is 0 Å². The highest BCUT2D eigenvalue weighted by molar-refractivity contribution is 6.56. The summed E-state index contributed by atoms with van der Waals surface area (Å²) < 4.78 is 31.0. The number of aromatic carboxylic acids is 1. The minimum atomic E-state index is -1.43. The molecule has 0 bridgehead atoms. The molecule has 2 rings (SSSR count). The quantitative estimate of drug-likeness (QED) is 0.553. The van der Waals surface area contributed by atoms with E-state index in [1.54, 1.807) is 26.8 Å². The summed E-state index contributed by atoms with van der Waals surface area (Å²) in [6.45, 7) is 12.8. The lowest BCUT2D eigenvalue weighted by Crippen LogP contribution is -2.41. The second-order valence-corrected chi connectivity index (χ2v) is 9.08. The van der Waals surface area contributed by atoms with Crippen molar-refractivity contribution in [1.29, 1.82) is 0 Å². The number of halogens is 1. The number of ether oxygens (including phenoxy) is 1. The van der Waals surface area contributed by atoms with Gasteiger partial charge in [0.2, 0.25) is 5.95 Å². The molecule has 0 aromatic carbocycles. The average Bonchev–Trinajstić information content (AvgIpc) is 2.78. The number of hydrogen-bond donors (Lipinski definition) is 2. The molecule has 1 aliphatic rings. The van der Waals surface area contributed by atoms with Crippen molar-refractivity contribution in [2.75, 3.05) is 6.54 Å². The Morgan fingerprint density at radius 3 is 2.33 bits per heavy atom. The van der Waals surface area contributed by atoms with Gasteiger partial charge in [-0.2, -0.15) is 4.39 Å². The number of aromatic nitrogens is 1. The SMILES string of the molecule is CC(C)(C)OC(=O)NCC(=Cc1cnc(F)c(C(=O)O)c1)B1OC(C)(C)C(C)(C)O1. The lowest BCUT2D eigenvalue weighted by Gasteiger charge is -2.32. The van der Waals surface area contributed by atoms with Crippen LogP contribution in [0.15, 0.2) is 17.7 Å². The molecule has 8 nitrogen and oxygen atoms in total. The molecule has 1 aliphatic heterocycles. The summed E-state index contributed by atoms with van der Waals surface area (Å²) in [6.07, 6.45) is 2.12. The van der Waals surface area contributed by atoms with E-state index in [1.807, 2.05) is 27.7 Å². The Hall–Kier alpha value is -2.46. The molecule has 1 fully saturated rings. The van der Waals surface area contributed by atoms with Crippen LogP contribution in [-0.4, -0.2) is 52.6 Å². The minimum Gasteiger partial charge on any atom is -0.478 e. The predicted octanol–water partition coefficient (Wildman–Crippen LogP) is 3.46. The van der Waals surface area contributed by atoms with Gasteiger partial charge in [0.15, 0.2) is 0 Å². The monoisotopic (exact) mass is 422 g/mol. The fraction of sp³-hybridized carbons (Fsp3) is 0.550. The second-order valence-electron chi connectivity index (χ2n) is 9.08. The van der Waals surface area contributed by atoms with Crippen molar-refractivity contribution in [3.8, 4) is 0 Å². The van der Waals surface area contributed by atoms with Gasteiger partial charge in [-0.05, 0) is 65.6 Å². The third-order valence-corrected chi connectivity index (χ3v) is 4.83. The first-order valence-corrected chi connectivity index (χ1v) is 9.53. The van der Waals surface area contributed by atoms with E-state index in [4.69, 9.17) is 19.2 Å². The van der Waals surface area contributed by atoms with Gasteiger partial charge < -0.3 is 24.5 Å². The van der Waals surface area contributed by atoms with Crippen molar-refractivity contribution in [3.63, 3.8) is 0 Å². The van der Waals surface area contributed by atoms with Crippen molar-refractivity contribution in [3.05, 3.63) is 34.8 Å². The van der Waals surface area contributed by atoms with Gasteiger partial charge in [-0.15, -0.1) is 0 Å². The lowest BCUT2D eigenvalue weighted by atomic mass is 9.77. The Morgan fingerprint density at radius 2 is 1.83 bits per heavy atom. The number of rotatable bonds is 5. The largest absolute Gasteiger partial charge is 0.492 e. The van der Waals surface area contributed by atoms with Crippen LogP contribution in [0.5, 0.6) is 0 Å². The fourth-order valence-electron chi connectivity index (χ4n) is 2.59. The van der Waals surface area contributed by atoms with Crippen molar-refractivity contribution in [2.45, 2.75) is 65.3 Å². The second kappa shape index (κ2) is 8.35. The van der Waals surface area contributed by atoms with Crippen LogP contribution in [0.1, 0.15) is 64.4 Å². The van der Waals surface area contributed by atoms with Gasteiger partial charge in [0.25, 0.3) is 0 Å². The summed E-state index contributed by atoms with van der Waals surface area (Å²) in [5.74, 6) is -2.51. The molecule has 1 amide bonds. The maximum atomic E-state index is 13.6. The van der Waals surface area contributed by atoms with E-state index in [1.165, 1.54) is 6.20 Å². The van der Waals surface area contributed by atoms with Gasteiger partial charge in [-0.25, -0.2) is 14.6 Å². The molecule has 0 saturated carbocycles. The summed E-state index contributed by atoms with van der Waals surface area (Å²) in [6, 6.07) is 1.16. The number of carboxylic acids is 1. The Labute approximate surface area is 175 Å². The van der Waals surface area contributed by atoms with Gasteiger partial charge in [-0.3, -0.25) is 0 Å². The van der Waals surface area contributed by atoms with Crippen LogP contribution in [0.3, 0.4) is 0 Å². The number of carbonyl (C=O) groups is 2. The number of nitrogens with one attached hydrogen (secondary N) is 1. The summed E-state index contributed by atoms with van der Waals surface area (Å²) in [4.78, 5) is 26.8. The van der Waals surface area contributed by atoms with Gasteiger partial charge in [0, 0.05) is 12.7 Å². The molecule has 0 radical (unpaired) electrons. The number of carboxylic acid groups (broad SMARTS) is 1. The van der Waals surface area contributed by atoms with Crippen molar-refractivity contribution >= 4 is 25.3 Å². The third-order valence-electron chi connectivity index (χ3n) is 4.83. The molecule has 1 saturated heterocycles. The zero-order chi connectivity index (χ0) is 22.9. The lowest BCUT2D eigenvalue weighted by molar-refractivity contribution is 0.00578. The molecule has 0 aliphatic carbocycles. The molecule has 30 heavy (non-hydrogen) atoms. The molecule has 0 spiro atoms. The van der Waals surface area contributed by atoms with E-state index in [0.717, 1.165) is 6.07 Å². The van der Waals surface area contributed by atoms with E-state index in [-0.39, 0.29) is 6.54 Å². The van der Waals surface area contributed by atoms with Gasteiger partial charge in [0.05, 0.1) is 11.2 Å². The van der Waals surface area contributed by atoms with Gasteiger partial charge in [-0.1, -0.05) is 6.08 Å². The Kier molecular flexibility index (Phi) is 6.63. The highest BCUT2D eigenvalue weighted by Crippen LogP contribution is 2.38. The standard InChI is InChI=1S/C20H28BFN2O6/c1-18(2,3)28-17(27)24-11-13(21-29-19(4,5)20(6,7)30-21)8-12-9-14(16(25)26)15(22)23-10-12/h8-10H,11H2,1-7H3,(H,24,27)(H,25,26). The maximum Gasteiger partial charge on any atom is 0.492 e. The van der Waals surface area contributed by atoms with E-state index in [0.29, 0.717) is 11.0 Å². The van der Waals surface area contributed by atoms with Gasteiger partial charge >= 0.3 is 19.2 Å². The molecule has 10 heteroatoms. The molecule has 2 N–H and O–H groups in total. The topological polar surface area (TPSA) is 107 Å². The molecule has 0 atom stereocenters. The van der Waals surface area contributed by atoms with Crippen LogP contribution in [0.25, 0.3) is 6.08 Å². The Bertz CT molecular complexity index is 847. The number of pyridine rings is 1. The number of carbonyl (C=O) groups excluding carboxylic acids is 1. The first-order valence-electron chi connectivity index (χ1n) is 9.53. The summed E-state index contributed by atoms with van der Waals surface area (Å²) in [7, 11) is -0.816. The number of nitrogens with zero attached hydrogens (tertiary/aromatic N) is 1. The minimum absolute atomic E-state index is 0.00548. The normalized spacial score (nSPS) is 18.3. The number of alkyl carbamates (subject to hydrolysis) is 1. The highest BCUT2D eigenvalue weighted by Gasteiger charge is 2.52. The van der Waals surface area contributed by atoms with E-state index >= 15 is 0 Å². The van der Waals surface area contributed by atoms with E-state index < -0.39 is 47.5 Å². The maximum absolute atomic E-state index is 13.6. The van der Waals surface area contributed by atoms with E-state index in [9.17, 15) is 14.0 Å². The first-order chi connectivity index (χ1) is 13.6. The smallest absolute Gasteiger partial charge is 0.478 e. The van der Waals surface area contributed by atoms with E-state index in [2.05, 4.69) is 10.3 Å². The average molecular weight is 422 g/mol. The Balaban J connectivity index is 2.34. The first kappa shape index (κ1) is 23.8. The van der Waals surface area contributed by atoms with Crippen LogP contribution in [0.4, 0.5) is 9.18 Å². The van der Waals surface area contributed by atoms with Gasteiger partial charge in [0.1, 0.15) is 11.2 Å². The summed E-state index contributed by atoms with van der Waals surface area (Å²) in [5, 5.41) is 11.8. The van der Waals surface area contributed by atoms with Crippen LogP contribution in [0.2, 0.25) is 0 Å². The third kappa shape index (κ3) is 5.79. The van der Waals surface area contributed by atoms with Crippen molar-refractivity contribution < 1.29 is 33.1 Å². The predicted molar refractivity (Wildman–Crippen MR) is 109 cm³/mol. The van der Waals surface area contributed by atoms with Crippen LogP contribution in [-0.2, 0) is 14.0 Å².